The Morgan fingerprint density at radius 3 is 1.74 bits per heavy atom. The molecule has 0 bridgehead atoms. The third kappa shape index (κ3) is 7.57. The van der Waals surface area contributed by atoms with Gasteiger partial charge in [-0.05, 0) is 45.4 Å². The van der Waals surface area contributed by atoms with Crippen LogP contribution in [0.25, 0.3) is 11.1 Å². The zero-order valence-corrected chi connectivity index (χ0v) is 20.3. The van der Waals surface area contributed by atoms with E-state index in [1.54, 1.807) is 37.3 Å². The average Bonchev–Trinajstić information content (AvgIpc) is 2.79. The van der Waals surface area contributed by atoms with Gasteiger partial charge in [0.05, 0.1) is 5.56 Å². The minimum Gasteiger partial charge on any atom is -0.489 e. The minimum atomic E-state index is -0.666. The van der Waals surface area contributed by atoms with Crippen molar-refractivity contribution in [2.75, 3.05) is 6.61 Å². The highest BCUT2D eigenvalue weighted by molar-refractivity contribution is 5.92. The Hall–Kier alpha value is -4.39. The summed E-state index contributed by atoms with van der Waals surface area (Å²) < 4.78 is 22.1. The molecule has 182 valence electrons. The molecule has 0 aliphatic carbocycles. The number of allylic oxidation sites excluding steroid dienone is 1. The molecule has 0 saturated carbocycles. The maximum Gasteiger partial charge on any atom is 0.338 e. The fraction of sp³-hybridized carbons (Fsp3) is 0.179. The molecular weight excluding hydrogens is 448 g/mol. The predicted octanol–water partition coefficient (Wildman–Crippen LogP) is 5.75. The molecule has 2 aromatic rings. The van der Waals surface area contributed by atoms with Crippen molar-refractivity contribution in [2.24, 2.45) is 0 Å². The number of hydrogen-bond acceptors (Lipinski definition) is 7. The number of benzene rings is 2. The fourth-order valence-corrected chi connectivity index (χ4v) is 2.60. The zero-order valence-electron chi connectivity index (χ0n) is 20.3. The second-order valence-corrected chi connectivity index (χ2v) is 7.71. The van der Waals surface area contributed by atoms with Crippen molar-refractivity contribution in [1.82, 2.24) is 0 Å². The normalized spacial score (nSPS) is 10.4. The molecular formula is C28H28O7. The van der Waals surface area contributed by atoms with Crippen LogP contribution in [-0.2, 0) is 14.4 Å². The summed E-state index contributed by atoms with van der Waals surface area (Å²) in [5.74, 6) is -1.05. The Bertz CT molecular complexity index is 1200. The number of carbonyl (C=O) groups excluding carboxylic acids is 3. The Balaban J connectivity index is 2.63. The molecule has 0 fully saturated rings. The van der Waals surface area contributed by atoms with Crippen LogP contribution >= 0.6 is 0 Å². The predicted molar refractivity (Wildman–Crippen MR) is 134 cm³/mol. The molecule has 0 aliphatic heterocycles. The fourth-order valence-electron chi connectivity index (χ4n) is 2.60. The van der Waals surface area contributed by atoms with Gasteiger partial charge in [0.1, 0.15) is 29.6 Å². The van der Waals surface area contributed by atoms with Gasteiger partial charge >= 0.3 is 17.9 Å². The van der Waals surface area contributed by atoms with Crippen molar-refractivity contribution < 1.29 is 33.3 Å². The number of ether oxygens (including phenoxy) is 4. The third-order valence-corrected chi connectivity index (χ3v) is 4.42. The quantitative estimate of drug-likeness (QED) is 0.187. The van der Waals surface area contributed by atoms with Crippen molar-refractivity contribution in [1.29, 1.82) is 0 Å². The van der Waals surface area contributed by atoms with Crippen LogP contribution in [0.2, 0.25) is 0 Å². The molecule has 7 heteroatoms. The summed E-state index contributed by atoms with van der Waals surface area (Å²) in [6, 6.07) is 9.46. The lowest BCUT2D eigenvalue weighted by Gasteiger charge is -2.18. The summed E-state index contributed by atoms with van der Waals surface area (Å²) in [5, 5.41) is 0. The van der Waals surface area contributed by atoms with E-state index >= 15 is 0 Å². The lowest BCUT2D eigenvalue weighted by Crippen LogP contribution is -2.12. The Kier molecular flexibility index (Phi) is 9.35. The first-order valence-corrected chi connectivity index (χ1v) is 10.7. The Labute approximate surface area is 205 Å². The van der Waals surface area contributed by atoms with E-state index in [4.69, 9.17) is 18.9 Å². The van der Waals surface area contributed by atoms with E-state index in [0.717, 1.165) is 0 Å². The van der Waals surface area contributed by atoms with Gasteiger partial charge in [-0.3, -0.25) is 0 Å². The largest absolute Gasteiger partial charge is 0.489 e. The summed E-state index contributed by atoms with van der Waals surface area (Å²) in [4.78, 5) is 36.3. The molecule has 7 nitrogen and oxygen atoms in total. The van der Waals surface area contributed by atoms with E-state index in [2.05, 4.69) is 19.7 Å². The van der Waals surface area contributed by atoms with E-state index in [1.165, 1.54) is 26.0 Å². The third-order valence-electron chi connectivity index (χ3n) is 4.42. The molecule has 0 saturated heterocycles. The van der Waals surface area contributed by atoms with Gasteiger partial charge in [0.15, 0.2) is 0 Å². The summed E-state index contributed by atoms with van der Waals surface area (Å²) in [7, 11) is 0. The molecule has 0 atom stereocenters. The molecule has 0 spiro atoms. The summed E-state index contributed by atoms with van der Waals surface area (Å²) in [5.41, 5.74) is 1.67. The average molecular weight is 477 g/mol. The van der Waals surface area contributed by atoms with Crippen molar-refractivity contribution in [3.8, 4) is 34.1 Å². The Morgan fingerprint density at radius 1 is 0.743 bits per heavy atom. The van der Waals surface area contributed by atoms with Crippen LogP contribution in [0.4, 0.5) is 0 Å². The minimum absolute atomic E-state index is 0.0900. The molecule has 0 N–H and O–H groups in total. The second-order valence-electron chi connectivity index (χ2n) is 7.71. The van der Waals surface area contributed by atoms with Crippen molar-refractivity contribution in [2.45, 2.75) is 27.7 Å². The van der Waals surface area contributed by atoms with Gasteiger partial charge in [-0.15, -0.1) is 0 Å². The molecule has 0 aliphatic rings. The van der Waals surface area contributed by atoms with Crippen LogP contribution in [0.1, 0.15) is 27.7 Å². The zero-order chi connectivity index (χ0) is 26.1. The van der Waals surface area contributed by atoms with Crippen LogP contribution in [0.15, 0.2) is 85.0 Å². The van der Waals surface area contributed by atoms with Crippen LogP contribution in [0.5, 0.6) is 23.0 Å². The van der Waals surface area contributed by atoms with Crippen LogP contribution in [-0.4, -0.2) is 24.5 Å². The van der Waals surface area contributed by atoms with E-state index in [9.17, 15) is 14.4 Å². The lowest BCUT2D eigenvalue weighted by atomic mass is 10.0. The van der Waals surface area contributed by atoms with Gasteiger partial charge in [0.2, 0.25) is 0 Å². The standard InChI is InChI=1S/C28H28O7/c1-8-9-14-32-23-15-22(34-27(30)18(4)5)16-24(35-28(31)19(6)7)25(23)20-10-12-21(13-11-20)33-26(29)17(2)3/h8-13,15-16H,2,4,6,14H2,1,3,5,7H3/b9-8+. The van der Waals surface area contributed by atoms with Crippen LogP contribution < -0.4 is 18.9 Å². The molecule has 35 heavy (non-hydrogen) atoms. The van der Waals surface area contributed by atoms with Gasteiger partial charge in [-0.2, -0.15) is 0 Å². The first-order chi connectivity index (χ1) is 16.5. The monoisotopic (exact) mass is 476 g/mol. The van der Waals surface area contributed by atoms with E-state index in [1.807, 2.05) is 13.0 Å². The maximum atomic E-state index is 12.4. The van der Waals surface area contributed by atoms with E-state index in [-0.39, 0.29) is 34.8 Å². The molecule has 2 rings (SSSR count). The van der Waals surface area contributed by atoms with E-state index in [0.29, 0.717) is 22.6 Å². The number of esters is 3. The number of carbonyl (C=O) groups is 3. The highest BCUT2D eigenvalue weighted by atomic mass is 16.6. The number of hydrogen-bond donors (Lipinski definition) is 0. The van der Waals surface area contributed by atoms with Gasteiger partial charge in [0.25, 0.3) is 0 Å². The van der Waals surface area contributed by atoms with Crippen molar-refractivity contribution in [3.05, 3.63) is 85.0 Å². The molecule has 2 aromatic carbocycles. The van der Waals surface area contributed by atoms with Crippen molar-refractivity contribution >= 4 is 17.9 Å². The second kappa shape index (κ2) is 12.2. The van der Waals surface area contributed by atoms with Gasteiger partial charge in [0, 0.05) is 28.9 Å². The van der Waals surface area contributed by atoms with Crippen LogP contribution in [0, 0.1) is 0 Å². The number of rotatable bonds is 10. The van der Waals surface area contributed by atoms with Gasteiger partial charge in [-0.1, -0.05) is 44.0 Å². The summed E-state index contributed by atoms with van der Waals surface area (Å²) in [6.07, 6.45) is 3.60. The molecule has 0 aromatic heterocycles. The molecule has 0 radical (unpaired) electrons. The highest BCUT2D eigenvalue weighted by Gasteiger charge is 2.21. The SMILES string of the molecule is C=C(C)C(=O)Oc1ccc(-c2c(OC/C=C/C)cc(OC(=O)C(=C)C)cc2OC(=O)C(=C)C)cc1. The molecule has 0 unspecified atom stereocenters. The first-order valence-electron chi connectivity index (χ1n) is 10.7. The van der Waals surface area contributed by atoms with E-state index < -0.39 is 17.9 Å². The topological polar surface area (TPSA) is 88.1 Å². The lowest BCUT2D eigenvalue weighted by molar-refractivity contribution is -0.131. The van der Waals surface area contributed by atoms with Gasteiger partial charge < -0.3 is 18.9 Å². The van der Waals surface area contributed by atoms with Crippen LogP contribution in [0.3, 0.4) is 0 Å². The summed E-state index contributed by atoms with van der Waals surface area (Å²) >= 11 is 0. The summed E-state index contributed by atoms with van der Waals surface area (Å²) in [6.45, 7) is 17.4. The van der Waals surface area contributed by atoms with Gasteiger partial charge in [-0.25, -0.2) is 14.4 Å². The molecule has 0 heterocycles. The molecule has 0 amide bonds. The maximum absolute atomic E-state index is 12.4. The smallest absolute Gasteiger partial charge is 0.338 e. The first kappa shape index (κ1) is 26.9. The highest BCUT2D eigenvalue weighted by Crippen LogP contribution is 2.43. The van der Waals surface area contributed by atoms with Crippen molar-refractivity contribution in [3.63, 3.8) is 0 Å². The Morgan fingerprint density at radius 2 is 1.23 bits per heavy atom.